The number of aryl methyl sites for hydroxylation is 2. The molecule has 0 spiro atoms. The van der Waals surface area contributed by atoms with Crippen molar-refractivity contribution in [3.8, 4) is 0 Å². The van der Waals surface area contributed by atoms with Crippen LogP contribution in [-0.2, 0) is 11.8 Å². The highest BCUT2D eigenvalue weighted by molar-refractivity contribution is 9.10. The van der Waals surface area contributed by atoms with Crippen molar-refractivity contribution in [1.29, 1.82) is 0 Å². The van der Waals surface area contributed by atoms with Gasteiger partial charge in [0.05, 0.1) is 6.20 Å². The minimum Gasteiger partial charge on any atom is -0.370 e. The number of halogens is 1. The van der Waals surface area contributed by atoms with Crippen LogP contribution in [0, 0.1) is 6.92 Å². The Labute approximate surface area is 134 Å². The molecular weight excluding hydrogens is 330 g/mol. The lowest BCUT2D eigenvalue weighted by Gasteiger charge is -2.18. The van der Waals surface area contributed by atoms with Gasteiger partial charge in [0.1, 0.15) is 16.2 Å². The maximum absolute atomic E-state index is 4.59. The second-order valence-electron chi connectivity index (χ2n) is 6.20. The molecule has 0 aliphatic heterocycles. The smallest absolute Gasteiger partial charge is 0.137 e. The van der Waals surface area contributed by atoms with Crippen molar-refractivity contribution >= 4 is 21.7 Å². The first kappa shape index (κ1) is 15.9. The van der Waals surface area contributed by atoms with Crippen LogP contribution >= 0.6 is 15.9 Å². The SMILES string of the molecule is Cc1[nH]ncc1CCCNc1cc(Br)nc(C(C)(C)C)n1. The molecule has 0 aromatic carbocycles. The first-order valence-electron chi connectivity index (χ1n) is 7.14. The van der Waals surface area contributed by atoms with Gasteiger partial charge in [-0.1, -0.05) is 20.8 Å². The Morgan fingerprint density at radius 1 is 1.29 bits per heavy atom. The van der Waals surface area contributed by atoms with E-state index in [1.54, 1.807) is 0 Å². The van der Waals surface area contributed by atoms with Crippen molar-refractivity contribution in [3.05, 3.63) is 33.9 Å². The third-order valence-electron chi connectivity index (χ3n) is 3.23. The molecule has 2 N–H and O–H groups in total. The van der Waals surface area contributed by atoms with Crippen LogP contribution in [0.15, 0.2) is 16.9 Å². The number of aromatic amines is 1. The highest BCUT2D eigenvalue weighted by atomic mass is 79.9. The Hall–Kier alpha value is -1.43. The lowest BCUT2D eigenvalue weighted by Crippen LogP contribution is -2.17. The third kappa shape index (κ3) is 4.52. The number of H-pyrrole nitrogens is 1. The lowest BCUT2D eigenvalue weighted by molar-refractivity contribution is 0.544. The van der Waals surface area contributed by atoms with Gasteiger partial charge >= 0.3 is 0 Å². The van der Waals surface area contributed by atoms with Crippen molar-refractivity contribution in [2.75, 3.05) is 11.9 Å². The van der Waals surface area contributed by atoms with Gasteiger partial charge in [-0.3, -0.25) is 5.10 Å². The van der Waals surface area contributed by atoms with Crippen molar-refractivity contribution in [2.24, 2.45) is 0 Å². The fraction of sp³-hybridized carbons (Fsp3) is 0.533. The highest BCUT2D eigenvalue weighted by Gasteiger charge is 2.18. The lowest BCUT2D eigenvalue weighted by atomic mass is 9.96. The molecule has 2 heterocycles. The number of aromatic nitrogens is 4. The summed E-state index contributed by atoms with van der Waals surface area (Å²) in [7, 11) is 0. The molecule has 0 amide bonds. The molecule has 6 heteroatoms. The third-order valence-corrected chi connectivity index (χ3v) is 3.64. The highest BCUT2D eigenvalue weighted by Crippen LogP contribution is 2.22. The Kier molecular flexibility index (Phi) is 4.98. The molecule has 0 atom stereocenters. The molecule has 0 aliphatic carbocycles. The van der Waals surface area contributed by atoms with E-state index in [4.69, 9.17) is 0 Å². The summed E-state index contributed by atoms with van der Waals surface area (Å²) >= 11 is 3.45. The van der Waals surface area contributed by atoms with Gasteiger partial charge in [0.15, 0.2) is 0 Å². The summed E-state index contributed by atoms with van der Waals surface area (Å²) < 4.78 is 0.815. The van der Waals surface area contributed by atoms with Crippen LogP contribution < -0.4 is 5.32 Å². The van der Waals surface area contributed by atoms with Crippen LogP contribution in [0.5, 0.6) is 0 Å². The topological polar surface area (TPSA) is 66.5 Å². The molecule has 0 aliphatic rings. The van der Waals surface area contributed by atoms with E-state index in [1.807, 2.05) is 19.2 Å². The molecule has 2 rings (SSSR count). The summed E-state index contributed by atoms with van der Waals surface area (Å²) in [5.74, 6) is 1.70. The molecule has 0 fully saturated rings. The van der Waals surface area contributed by atoms with Crippen molar-refractivity contribution < 1.29 is 0 Å². The van der Waals surface area contributed by atoms with Gasteiger partial charge in [-0.05, 0) is 41.3 Å². The average Bonchev–Trinajstić information content (AvgIpc) is 2.79. The molecule has 2 aromatic rings. The number of nitrogens with one attached hydrogen (secondary N) is 2. The number of hydrogen-bond donors (Lipinski definition) is 2. The molecule has 5 nitrogen and oxygen atoms in total. The molecular formula is C15H22BrN5. The molecule has 0 saturated heterocycles. The second kappa shape index (κ2) is 6.56. The first-order chi connectivity index (χ1) is 9.86. The Morgan fingerprint density at radius 3 is 2.67 bits per heavy atom. The minimum atomic E-state index is -0.0614. The van der Waals surface area contributed by atoms with Crippen molar-refractivity contribution in [2.45, 2.75) is 46.0 Å². The molecule has 2 aromatic heterocycles. The van der Waals surface area contributed by atoms with Gasteiger partial charge in [0.25, 0.3) is 0 Å². The van der Waals surface area contributed by atoms with Gasteiger partial charge in [0.2, 0.25) is 0 Å². The largest absolute Gasteiger partial charge is 0.370 e. The summed E-state index contributed by atoms with van der Waals surface area (Å²) in [5.41, 5.74) is 2.36. The number of rotatable bonds is 5. The van der Waals surface area contributed by atoms with E-state index in [-0.39, 0.29) is 5.41 Å². The first-order valence-corrected chi connectivity index (χ1v) is 7.93. The normalized spacial score (nSPS) is 11.7. The number of anilines is 1. The Bertz CT molecular complexity index is 600. The van der Waals surface area contributed by atoms with Crippen LogP contribution in [-0.4, -0.2) is 26.7 Å². The van der Waals surface area contributed by atoms with E-state index in [9.17, 15) is 0 Å². The summed E-state index contributed by atoms with van der Waals surface area (Å²) in [6, 6.07) is 1.92. The number of hydrogen-bond acceptors (Lipinski definition) is 4. The minimum absolute atomic E-state index is 0.0614. The van der Waals surface area contributed by atoms with Gasteiger partial charge in [0, 0.05) is 23.7 Å². The van der Waals surface area contributed by atoms with Gasteiger partial charge in [-0.25, -0.2) is 9.97 Å². The van der Waals surface area contributed by atoms with E-state index >= 15 is 0 Å². The fourth-order valence-electron chi connectivity index (χ4n) is 1.97. The monoisotopic (exact) mass is 351 g/mol. The fourth-order valence-corrected chi connectivity index (χ4v) is 2.35. The molecule has 0 unspecified atom stereocenters. The van der Waals surface area contributed by atoms with Crippen molar-refractivity contribution in [3.63, 3.8) is 0 Å². The molecule has 0 bridgehead atoms. The average molecular weight is 352 g/mol. The van der Waals surface area contributed by atoms with Crippen molar-refractivity contribution in [1.82, 2.24) is 20.2 Å². The predicted molar refractivity (Wildman–Crippen MR) is 88.6 cm³/mol. The Balaban J connectivity index is 1.91. The summed E-state index contributed by atoms with van der Waals surface area (Å²) in [5, 5.41) is 10.4. The van der Waals surface area contributed by atoms with Crippen LogP contribution in [0.25, 0.3) is 0 Å². The van der Waals surface area contributed by atoms with Gasteiger partial charge in [-0.15, -0.1) is 0 Å². The van der Waals surface area contributed by atoms with E-state index in [0.29, 0.717) is 0 Å². The van der Waals surface area contributed by atoms with Crippen LogP contribution in [0.2, 0.25) is 0 Å². The molecule has 114 valence electrons. The standard InChI is InChI=1S/C15H22BrN5/c1-10-11(9-18-21-10)6-5-7-17-13-8-12(16)19-14(20-13)15(2,3)4/h8-9H,5-7H2,1-4H3,(H,18,21)(H,17,19,20). The zero-order valence-electron chi connectivity index (χ0n) is 13.0. The molecule has 0 radical (unpaired) electrons. The van der Waals surface area contributed by atoms with Crippen LogP contribution in [0.1, 0.15) is 44.3 Å². The maximum atomic E-state index is 4.59. The summed E-state index contributed by atoms with van der Waals surface area (Å²) in [6.45, 7) is 9.26. The van der Waals surface area contributed by atoms with E-state index in [2.05, 4.69) is 62.2 Å². The van der Waals surface area contributed by atoms with E-state index in [1.165, 1.54) is 5.56 Å². The second-order valence-corrected chi connectivity index (χ2v) is 7.01. The summed E-state index contributed by atoms with van der Waals surface area (Å²) in [4.78, 5) is 9.02. The van der Waals surface area contributed by atoms with Crippen LogP contribution in [0.4, 0.5) is 5.82 Å². The zero-order valence-corrected chi connectivity index (χ0v) is 14.6. The molecule has 21 heavy (non-hydrogen) atoms. The summed E-state index contributed by atoms with van der Waals surface area (Å²) in [6.07, 6.45) is 3.94. The number of nitrogens with zero attached hydrogens (tertiary/aromatic N) is 3. The van der Waals surface area contributed by atoms with Gasteiger partial charge < -0.3 is 5.32 Å². The van der Waals surface area contributed by atoms with Gasteiger partial charge in [-0.2, -0.15) is 5.10 Å². The molecule has 0 saturated carbocycles. The quantitative estimate of drug-likeness (QED) is 0.637. The van der Waals surface area contributed by atoms with E-state index in [0.717, 1.165) is 41.3 Å². The Morgan fingerprint density at radius 2 is 2.05 bits per heavy atom. The predicted octanol–water partition coefficient (Wildman–Crippen LogP) is 3.61. The maximum Gasteiger partial charge on any atom is 0.137 e. The zero-order chi connectivity index (χ0) is 15.5. The van der Waals surface area contributed by atoms with E-state index < -0.39 is 0 Å². The van der Waals surface area contributed by atoms with Crippen LogP contribution in [0.3, 0.4) is 0 Å².